The van der Waals surface area contributed by atoms with Gasteiger partial charge >= 0.3 is 0 Å². The molecule has 0 rings (SSSR count). The van der Waals surface area contributed by atoms with Crippen LogP contribution in [0.15, 0.2) is 0 Å². The fourth-order valence-electron chi connectivity index (χ4n) is 1.69. The highest BCUT2D eigenvalue weighted by Gasteiger charge is 2.20. The number of hydrogen-bond acceptors (Lipinski definition) is 4. The van der Waals surface area contributed by atoms with Gasteiger partial charge in [0.05, 0.1) is 5.75 Å². The predicted molar refractivity (Wildman–Crippen MR) is 75.8 cm³/mol. The molecule has 0 aromatic heterocycles. The lowest BCUT2D eigenvalue weighted by molar-refractivity contribution is 0.108. The Morgan fingerprint density at radius 2 is 1.61 bits per heavy atom. The molecule has 4 nitrogen and oxygen atoms in total. The maximum absolute atomic E-state index is 11.4. The minimum absolute atomic E-state index is 0.0621. The number of nitrogens with one attached hydrogen (secondary N) is 1. The molecule has 0 amide bonds. The summed E-state index contributed by atoms with van der Waals surface area (Å²) >= 11 is 0. The number of rotatable bonds is 11. The predicted octanol–water partition coefficient (Wildman–Crippen LogP) is 3.39. The third kappa shape index (κ3) is 9.85. The van der Waals surface area contributed by atoms with Crippen LogP contribution in [0, 0.1) is 0 Å². The van der Waals surface area contributed by atoms with E-state index in [4.69, 9.17) is 4.28 Å². The first kappa shape index (κ1) is 17.9. The molecule has 1 N–H and O–H groups in total. The molecule has 0 bridgehead atoms. The molecule has 0 saturated carbocycles. The second-order valence-corrected chi connectivity index (χ2v) is 7.19. The van der Waals surface area contributed by atoms with Crippen molar-refractivity contribution in [1.82, 2.24) is 5.48 Å². The fourth-order valence-corrected chi connectivity index (χ4v) is 2.63. The molecule has 0 aromatic carbocycles. The lowest BCUT2D eigenvalue weighted by Gasteiger charge is -2.25. The molecule has 0 unspecified atom stereocenters. The Bertz CT molecular complexity index is 299. The minimum Gasteiger partial charge on any atom is -0.198 e. The van der Waals surface area contributed by atoms with Crippen LogP contribution in [-0.2, 0) is 14.4 Å². The van der Waals surface area contributed by atoms with Crippen molar-refractivity contribution in [1.29, 1.82) is 0 Å². The van der Waals surface area contributed by atoms with Crippen molar-refractivity contribution in [3.05, 3.63) is 0 Å². The Balaban J connectivity index is 3.86. The zero-order valence-electron chi connectivity index (χ0n) is 12.3. The molecule has 0 fully saturated rings. The van der Waals surface area contributed by atoms with Crippen LogP contribution >= 0.6 is 0 Å². The van der Waals surface area contributed by atoms with E-state index in [1.165, 1.54) is 25.7 Å². The summed E-state index contributed by atoms with van der Waals surface area (Å²) in [6.07, 6.45) is 7.54. The zero-order valence-corrected chi connectivity index (χ0v) is 13.1. The molecule has 5 heteroatoms. The van der Waals surface area contributed by atoms with Crippen LogP contribution in [0.5, 0.6) is 0 Å². The summed E-state index contributed by atoms with van der Waals surface area (Å²) in [4.78, 5) is 0. The molecular formula is C13H29NO3S. The zero-order chi connectivity index (χ0) is 14.1. The Labute approximate surface area is 113 Å². The molecule has 0 spiro atoms. The first-order valence-corrected chi connectivity index (χ1v) is 8.59. The summed E-state index contributed by atoms with van der Waals surface area (Å²) in [5.41, 5.74) is 2.39. The molecular weight excluding hydrogens is 250 g/mol. The number of hydrogen-bond donors (Lipinski definition) is 1. The summed E-state index contributed by atoms with van der Waals surface area (Å²) in [5, 5.41) is 0. The summed E-state index contributed by atoms with van der Waals surface area (Å²) in [6.45, 7) is 7.94. The van der Waals surface area contributed by atoms with Crippen molar-refractivity contribution in [3.8, 4) is 0 Å². The molecule has 0 radical (unpaired) electrons. The van der Waals surface area contributed by atoms with E-state index in [0.29, 0.717) is 6.42 Å². The van der Waals surface area contributed by atoms with Gasteiger partial charge in [-0.3, -0.25) is 0 Å². The Kier molecular flexibility index (Phi) is 8.82. The first-order chi connectivity index (χ1) is 8.33. The van der Waals surface area contributed by atoms with Crippen molar-refractivity contribution in [3.63, 3.8) is 0 Å². The average Bonchev–Trinajstić information content (AvgIpc) is 2.27. The van der Waals surface area contributed by atoms with E-state index in [1.807, 2.05) is 20.8 Å². The van der Waals surface area contributed by atoms with E-state index in [1.54, 1.807) is 0 Å². The van der Waals surface area contributed by atoms with Crippen LogP contribution in [0.25, 0.3) is 0 Å². The third-order valence-corrected chi connectivity index (χ3v) is 4.05. The van der Waals surface area contributed by atoms with Gasteiger partial charge in [-0.1, -0.05) is 46.0 Å². The van der Waals surface area contributed by atoms with Crippen molar-refractivity contribution < 1.29 is 12.7 Å². The van der Waals surface area contributed by atoms with Gasteiger partial charge in [-0.15, -0.1) is 0 Å². The third-order valence-electron chi connectivity index (χ3n) is 2.80. The average molecular weight is 279 g/mol. The van der Waals surface area contributed by atoms with Crippen molar-refractivity contribution in [2.24, 2.45) is 0 Å². The molecule has 0 atom stereocenters. The highest BCUT2D eigenvalue weighted by atomic mass is 32.2. The monoisotopic (exact) mass is 279 g/mol. The summed E-state index contributed by atoms with van der Waals surface area (Å²) in [6, 6.07) is 0. The number of hydroxylamine groups is 1. The van der Waals surface area contributed by atoms with Gasteiger partial charge in [0.1, 0.15) is 0 Å². The summed E-state index contributed by atoms with van der Waals surface area (Å²) in [7, 11) is -3.42. The quantitative estimate of drug-likeness (QED) is 0.465. The minimum atomic E-state index is -3.42. The topological polar surface area (TPSA) is 55.4 Å². The van der Waals surface area contributed by atoms with Crippen LogP contribution in [-0.4, -0.2) is 19.7 Å². The molecule has 110 valence electrons. The largest absolute Gasteiger partial charge is 0.283 e. The van der Waals surface area contributed by atoms with E-state index in [0.717, 1.165) is 12.8 Å². The van der Waals surface area contributed by atoms with Gasteiger partial charge in [-0.25, -0.2) is 0 Å². The molecule has 0 aliphatic carbocycles. The van der Waals surface area contributed by atoms with Gasteiger partial charge in [0.15, 0.2) is 0 Å². The van der Waals surface area contributed by atoms with Gasteiger partial charge < -0.3 is 0 Å². The van der Waals surface area contributed by atoms with Crippen LogP contribution in [0.2, 0.25) is 0 Å². The van der Waals surface area contributed by atoms with E-state index >= 15 is 0 Å². The highest BCUT2D eigenvalue weighted by Crippen LogP contribution is 2.15. The molecule has 18 heavy (non-hydrogen) atoms. The van der Waals surface area contributed by atoms with Gasteiger partial charge in [0, 0.05) is 5.54 Å². The molecule has 0 aromatic rings. The van der Waals surface area contributed by atoms with Crippen molar-refractivity contribution in [2.75, 3.05) is 5.75 Å². The van der Waals surface area contributed by atoms with E-state index in [9.17, 15) is 8.42 Å². The van der Waals surface area contributed by atoms with Gasteiger partial charge in [0.25, 0.3) is 10.1 Å². The molecule has 0 aliphatic heterocycles. The van der Waals surface area contributed by atoms with E-state index in [2.05, 4.69) is 12.4 Å². The Morgan fingerprint density at radius 1 is 1.00 bits per heavy atom. The molecule has 0 heterocycles. The van der Waals surface area contributed by atoms with Crippen LogP contribution < -0.4 is 5.48 Å². The standard InChI is InChI=1S/C13H29NO3S/c1-5-7-8-9-10-11-13(3,4)14-17-18(15,16)12-6-2/h14H,5-12H2,1-4H3. The number of unbranched alkanes of at least 4 members (excludes halogenated alkanes) is 4. The SMILES string of the molecule is CCCCCCCC(C)(C)NOS(=O)(=O)CCC. The summed E-state index contributed by atoms with van der Waals surface area (Å²) < 4.78 is 27.7. The van der Waals surface area contributed by atoms with Gasteiger partial charge in [0.2, 0.25) is 0 Å². The first-order valence-electron chi connectivity index (χ1n) is 7.01. The molecule has 0 saturated heterocycles. The maximum Gasteiger partial charge on any atom is 0.283 e. The smallest absolute Gasteiger partial charge is 0.198 e. The normalized spacial score (nSPS) is 12.9. The van der Waals surface area contributed by atoms with Crippen LogP contribution in [0.4, 0.5) is 0 Å². The maximum atomic E-state index is 11.4. The van der Waals surface area contributed by atoms with Crippen LogP contribution in [0.1, 0.15) is 72.6 Å². The van der Waals surface area contributed by atoms with Gasteiger partial charge in [-0.05, 0) is 26.7 Å². The Hall–Kier alpha value is -0.130. The molecule has 0 aliphatic rings. The fraction of sp³-hybridized carbons (Fsp3) is 1.00. The highest BCUT2D eigenvalue weighted by molar-refractivity contribution is 7.86. The Morgan fingerprint density at radius 3 is 2.17 bits per heavy atom. The van der Waals surface area contributed by atoms with E-state index < -0.39 is 10.1 Å². The second-order valence-electron chi connectivity index (χ2n) is 5.50. The lowest BCUT2D eigenvalue weighted by Crippen LogP contribution is -2.41. The second kappa shape index (κ2) is 8.88. The van der Waals surface area contributed by atoms with E-state index in [-0.39, 0.29) is 11.3 Å². The van der Waals surface area contributed by atoms with Crippen molar-refractivity contribution >= 4 is 10.1 Å². The lowest BCUT2D eigenvalue weighted by atomic mass is 9.97. The van der Waals surface area contributed by atoms with Gasteiger partial charge in [-0.2, -0.15) is 18.2 Å². The van der Waals surface area contributed by atoms with Crippen molar-refractivity contribution in [2.45, 2.75) is 78.2 Å². The van der Waals surface area contributed by atoms with Crippen LogP contribution in [0.3, 0.4) is 0 Å². The summed E-state index contributed by atoms with van der Waals surface area (Å²) in [5.74, 6) is 0.0621.